The van der Waals surface area contributed by atoms with Crippen LogP contribution >= 0.6 is 22.9 Å². The van der Waals surface area contributed by atoms with Crippen LogP contribution in [0.3, 0.4) is 0 Å². The van der Waals surface area contributed by atoms with Crippen LogP contribution in [0.25, 0.3) is 16.2 Å². The number of thiazole rings is 1. The molecule has 4 rings (SSSR count). The number of hydrogen-bond acceptors (Lipinski definition) is 6. The predicted molar refractivity (Wildman–Crippen MR) is 109 cm³/mol. The molecule has 0 saturated heterocycles. The third-order valence-electron chi connectivity index (χ3n) is 4.09. The number of rotatable bonds is 5. The van der Waals surface area contributed by atoms with Gasteiger partial charge in [0.1, 0.15) is 0 Å². The van der Waals surface area contributed by atoms with Gasteiger partial charge in [-0.2, -0.15) is 4.98 Å². The van der Waals surface area contributed by atoms with E-state index in [-0.39, 0.29) is 11.9 Å². The molecule has 142 valence electrons. The maximum absolute atomic E-state index is 12.6. The Labute approximate surface area is 169 Å². The zero-order valence-corrected chi connectivity index (χ0v) is 16.5. The molecule has 0 spiro atoms. The lowest BCUT2D eigenvalue weighted by atomic mass is 10.2. The van der Waals surface area contributed by atoms with Crippen LogP contribution in [0, 0.1) is 0 Å². The second kappa shape index (κ2) is 7.49. The fraction of sp³-hybridized carbons (Fsp3) is 0.105. The number of fused-ring (bicyclic) bond motifs is 1. The zero-order valence-electron chi connectivity index (χ0n) is 15.0. The summed E-state index contributed by atoms with van der Waals surface area (Å²) in [5.74, 6) is 0.903. The molecule has 28 heavy (non-hydrogen) atoms. The number of halogens is 1. The van der Waals surface area contributed by atoms with Crippen molar-refractivity contribution in [3.8, 4) is 22.8 Å². The minimum Gasteiger partial charge on any atom is -0.493 e. The van der Waals surface area contributed by atoms with E-state index in [2.05, 4.69) is 15.4 Å². The van der Waals surface area contributed by atoms with E-state index in [9.17, 15) is 4.79 Å². The fourth-order valence-electron chi connectivity index (χ4n) is 2.70. The van der Waals surface area contributed by atoms with E-state index in [4.69, 9.17) is 21.1 Å². The second-order valence-corrected chi connectivity index (χ2v) is 7.05. The summed E-state index contributed by atoms with van der Waals surface area (Å²) >= 11 is 7.39. The monoisotopic (exact) mass is 414 g/mol. The molecule has 9 heteroatoms. The molecule has 0 saturated carbocycles. The van der Waals surface area contributed by atoms with Crippen molar-refractivity contribution in [2.24, 2.45) is 0 Å². The summed E-state index contributed by atoms with van der Waals surface area (Å²) < 4.78 is 12.1. The van der Waals surface area contributed by atoms with E-state index in [0.29, 0.717) is 27.0 Å². The number of nitrogens with zero attached hydrogens (tertiary/aromatic N) is 3. The van der Waals surface area contributed by atoms with Gasteiger partial charge in [0.05, 0.1) is 19.9 Å². The Morgan fingerprint density at radius 3 is 2.57 bits per heavy atom. The van der Waals surface area contributed by atoms with Gasteiger partial charge >= 0.3 is 0 Å². The summed E-state index contributed by atoms with van der Waals surface area (Å²) in [4.78, 5) is 17.6. The van der Waals surface area contributed by atoms with E-state index < -0.39 is 0 Å². The zero-order chi connectivity index (χ0) is 19.7. The number of amides is 1. The van der Waals surface area contributed by atoms with Crippen LogP contribution < -0.4 is 14.8 Å². The van der Waals surface area contributed by atoms with Gasteiger partial charge in [-0.15, -0.1) is 16.4 Å². The maximum atomic E-state index is 12.6. The SMILES string of the molecule is COc1ccc(C(=O)Nc2nc3scc(-c4ccc(Cl)cc4)n3n2)cc1OC. The van der Waals surface area contributed by atoms with E-state index in [1.165, 1.54) is 25.6 Å². The van der Waals surface area contributed by atoms with Gasteiger partial charge in [-0.25, -0.2) is 4.52 Å². The van der Waals surface area contributed by atoms with Crippen molar-refractivity contribution >= 4 is 39.8 Å². The van der Waals surface area contributed by atoms with Crippen LogP contribution in [0.2, 0.25) is 5.02 Å². The Bertz CT molecular complexity index is 1150. The Hall–Kier alpha value is -3.10. The van der Waals surface area contributed by atoms with Gasteiger partial charge in [-0.1, -0.05) is 23.7 Å². The number of ether oxygens (including phenoxy) is 2. The Morgan fingerprint density at radius 1 is 1.11 bits per heavy atom. The van der Waals surface area contributed by atoms with Crippen LogP contribution in [0.5, 0.6) is 11.5 Å². The first-order chi connectivity index (χ1) is 13.6. The van der Waals surface area contributed by atoms with Crippen molar-refractivity contribution in [3.05, 3.63) is 58.4 Å². The quantitative estimate of drug-likeness (QED) is 0.524. The van der Waals surface area contributed by atoms with Gasteiger partial charge in [-0.05, 0) is 30.3 Å². The van der Waals surface area contributed by atoms with Crippen molar-refractivity contribution < 1.29 is 14.3 Å². The summed E-state index contributed by atoms with van der Waals surface area (Å²) in [6.45, 7) is 0. The molecule has 0 unspecified atom stereocenters. The highest BCUT2D eigenvalue weighted by molar-refractivity contribution is 7.15. The molecule has 7 nitrogen and oxygen atoms in total. The molecule has 0 atom stereocenters. The number of methoxy groups -OCH3 is 2. The summed E-state index contributed by atoms with van der Waals surface area (Å²) in [5.41, 5.74) is 2.24. The van der Waals surface area contributed by atoms with Crippen LogP contribution in [0.15, 0.2) is 47.8 Å². The second-order valence-electron chi connectivity index (χ2n) is 5.78. The van der Waals surface area contributed by atoms with E-state index >= 15 is 0 Å². The average Bonchev–Trinajstić information content (AvgIpc) is 3.28. The van der Waals surface area contributed by atoms with E-state index in [0.717, 1.165) is 11.3 Å². The first kappa shape index (κ1) is 18.3. The van der Waals surface area contributed by atoms with Crippen LogP contribution in [0.4, 0.5) is 5.95 Å². The summed E-state index contributed by atoms with van der Waals surface area (Å²) in [6, 6.07) is 12.4. The molecule has 0 radical (unpaired) electrons. The van der Waals surface area contributed by atoms with E-state index in [1.807, 2.05) is 29.6 Å². The highest BCUT2D eigenvalue weighted by Crippen LogP contribution is 2.29. The molecule has 1 amide bonds. The lowest BCUT2D eigenvalue weighted by molar-refractivity contribution is 0.102. The molecule has 0 aliphatic carbocycles. The van der Waals surface area contributed by atoms with Crippen molar-refractivity contribution in [2.45, 2.75) is 0 Å². The van der Waals surface area contributed by atoms with Crippen LogP contribution in [0.1, 0.15) is 10.4 Å². The molecule has 1 N–H and O–H groups in total. The minimum atomic E-state index is -0.341. The highest BCUT2D eigenvalue weighted by atomic mass is 35.5. The Balaban J connectivity index is 1.60. The lowest BCUT2D eigenvalue weighted by Gasteiger charge is -2.08. The smallest absolute Gasteiger partial charge is 0.258 e. The number of nitrogens with one attached hydrogen (secondary N) is 1. The molecule has 4 aromatic rings. The molecule has 2 heterocycles. The topological polar surface area (TPSA) is 77.8 Å². The molecule has 0 aliphatic heterocycles. The summed E-state index contributed by atoms with van der Waals surface area (Å²) in [6.07, 6.45) is 0. The van der Waals surface area contributed by atoms with E-state index in [1.54, 1.807) is 22.7 Å². The fourth-order valence-corrected chi connectivity index (χ4v) is 3.66. The summed E-state index contributed by atoms with van der Waals surface area (Å²) in [5, 5.41) is 9.75. The lowest BCUT2D eigenvalue weighted by Crippen LogP contribution is -2.13. The van der Waals surface area contributed by atoms with Crippen molar-refractivity contribution in [2.75, 3.05) is 19.5 Å². The predicted octanol–water partition coefficient (Wildman–Crippen LogP) is 4.38. The number of hydrogen-bond donors (Lipinski definition) is 1. The van der Waals surface area contributed by atoms with Crippen molar-refractivity contribution in [1.82, 2.24) is 14.6 Å². The van der Waals surface area contributed by atoms with Crippen molar-refractivity contribution in [1.29, 1.82) is 0 Å². The molecule has 0 aliphatic rings. The van der Waals surface area contributed by atoms with Gasteiger partial charge < -0.3 is 9.47 Å². The number of anilines is 1. The standard InChI is InChI=1S/C19H15ClN4O3S/c1-26-15-8-5-12(9-16(15)27-2)17(25)21-18-22-19-24(23-18)14(10-28-19)11-3-6-13(20)7-4-11/h3-10H,1-2H3,(H,21,23,25). The largest absolute Gasteiger partial charge is 0.493 e. The number of carbonyl (C=O) groups excluding carboxylic acids is 1. The van der Waals surface area contributed by atoms with Gasteiger partial charge in [0, 0.05) is 21.5 Å². The maximum Gasteiger partial charge on any atom is 0.258 e. The van der Waals surface area contributed by atoms with Crippen LogP contribution in [-0.4, -0.2) is 34.7 Å². The molecule has 0 bridgehead atoms. The van der Waals surface area contributed by atoms with Gasteiger partial charge in [0.25, 0.3) is 11.9 Å². The summed E-state index contributed by atoms with van der Waals surface area (Å²) in [7, 11) is 3.06. The first-order valence-electron chi connectivity index (χ1n) is 8.22. The van der Waals surface area contributed by atoms with Gasteiger partial charge in [0.2, 0.25) is 4.96 Å². The molecular weight excluding hydrogens is 400 g/mol. The average molecular weight is 415 g/mol. The minimum absolute atomic E-state index is 0.224. The molecular formula is C19H15ClN4O3S. The number of carbonyl (C=O) groups is 1. The number of benzene rings is 2. The third-order valence-corrected chi connectivity index (χ3v) is 5.16. The van der Waals surface area contributed by atoms with Gasteiger partial charge in [-0.3, -0.25) is 10.1 Å². The molecule has 0 fully saturated rings. The van der Waals surface area contributed by atoms with Crippen molar-refractivity contribution in [3.63, 3.8) is 0 Å². The Morgan fingerprint density at radius 2 is 1.86 bits per heavy atom. The third kappa shape index (κ3) is 3.39. The molecule has 2 aromatic heterocycles. The first-order valence-corrected chi connectivity index (χ1v) is 9.48. The number of aromatic nitrogens is 3. The Kier molecular flexibility index (Phi) is 4.89. The molecule has 2 aromatic carbocycles. The highest BCUT2D eigenvalue weighted by Gasteiger charge is 2.16. The van der Waals surface area contributed by atoms with Gasteiger partial charge in [0.15, 0.2) is 11.5 Å². The van der Waals surface area contributed by atoms with Crippen LogP contribution in [-0.2, 0) is 0 Å². The normalized spacial score (nSPS) is 10.8.